The van der Waals surface area contributed by atoms with Gasteiger partial charge in [-0.1, -0.05) is 72.0 Å². The standard InChI is InChI=1S/C26H19ClO/c27-25-13-10-21(11-14-25)16-24-17-23-15-20(9-12-22(23)18-26(24)28)8-4-7-19-5-2-1-3-6-19/h1-3,5-6,9-15,17-18,28H,7,16H2. The summed E-state index contributed by atoms with van der Waals surface area (Å²) in [7, 11) is 0. The molecule has 4 aromatic rings. The van der Waals surface area contributed by atoms with Gasteiger partial charge in [0.2, 0.25) is 0 Å². The van der Waals surface area contributed by atoms with Crippen molar-refractivity contribution in [2.75, 3.05) is 0 Å². The molecule has 0 aliphatic carbocycles. The molecule has 0 heterocycles. The second-order valence-electron chi connectivity index (χ2n) is 6.81. The average molecular weight is 383 g/mol. The van der Waals surface area contributed by atoms with Crippen LogP contribution in [-0.4, -0.2) is 5.11 Å². The lowest BCUT2D eigenvalue weighted by molar-refractivity contribution is 0.470. The van der Waals surface area contributed by atoms with Crippen LogP contribution in [0.4, 0.5) is 0 Å². The highest BCUT2D eigenvalue weighted by molar-refractivity contribution is 6.30. The van der Waals surface area contributed by atoms with Gasteiger partial charge in [0, 0.05) is 23.4 Å². The molecule has 0 atom stereocenters. The second kappa shape index (κ2) is 8.21. The number of phenolic OH excluding ortho intramolecular Hbond substituents is 1. The number of halogens is 1. The van der Waals surface area contributed by atoms with Crippen molar-refractivity contribution in [2.24, 2.45) is 0 Å². The van der Waals surface area contributed by atoms with E-state index in [1.165, 1.54) is 5.56 Å². The van der Waals surface area contributed by atoms with Gasteiger partial charge in [0.25, 0.3) is 0 Å². The molecular weight excluding hydrogens is 364 g/mol. The Balaban J connectivity index is 1.59. The number of hydrogen-bond donors (Lipinski definition) is 1. The minimum Gasteiger partial charge on any atom is -0.508 e. The molecule has 4 rings (SSSR count). The molecule has 0 saturated heterocycles. The number of fused-ring (bicyclic) bond motifs is 1. The number of rotatable bonds is 3. The van der Waals surface area contributed by atoms with E-state index in [0.29, 0.717) is 17.2 Å². The molecule has 0 aliphatic rings. The summed E-state index contributed by atoms with van der Waals surface area (Å²) in [6.45, 7) is 0. The van der Waals surface area contributed by atoms with Crippen LogP contribution in [0.15, 0.2) is 84.9 Å². The van der Waals surface area contributed by atoms with Crippen molar-refractivity contribution in [1.82, 2.24) is 0 Å². The molecule has 1 N–H and O–H groups in total. The van der Waals surface area contributed by atoms with Crippen LogP contribution in [0.1, 0.15) is 22.3 Å². The van der Waals surface area contributed by atoms with Gasteiger partial charge in [-0.25, -0.2) is 0 Å². The Morgan fingerprint density at radius 1 is 0.750 bits per heavy atom. The number of benzene rings is 4. The minimum atomic E-state index is 0.311. The predicted molar refractivity (Wildman–Crippen MR) is 117 cm³/mol. The maximum absolute atomic E-state index is 10.4. The fourth-order valence-corrected chi connectivity index (χ4v) is 3.34. The van der Waals surface area contributed by atoms with Crippen molar-refractivity contribution in [3.63, 3.8) is 0 Å². The van der Waals surface area contributed by atoms with Crippen LogP contribution in [0, 0.1) is 11.8 Å². The molecule has 0 bridgehead atoms. The number of aromatic hydroxyl groups is 1. The van der Waals surface area contributed by atoms with Crippen LogP contribution in [0.5, 0.6) is 5.75 Å². The first kappa shape index (κ1) is 18.2. The fourth-order valence-electron chi connectivity index (χ4n) is 3.22. The molecule has 1 nitrogen and oxygen atoms in total. The second-order valence-corrected chi connectivity index (χ2v) is 7.25. The zero-order chi connectivity index (χ0) is 19.3. The molecule has 0 amide bonds. The molecule has 0 spiro atoms. The minimum absolute atomic E-state index is 0.311. The summed E-state index contributed by atoms with van der Waals surface area (Å²) < 4.78 is 0. The van der Waals surface area contributed by atoms with Gasteiger partial charge in [0.05, 0.1) is 0 Å². The molecule has 4 aromatic carbocycles. The normalized spacial score (nSPS) is 10.5. The third-order valence-corrected chi connectivity index (χ3v) is 4.97. The highest BCUT2D eigenvalue weighted by Crippen LogP contribution is 2.28. The van der Waals surface area contributed by atoms with Gasteiger partial charge < -0.3 is 5.11 Å². The Hall–Kier alpha value is -3.21. The van der Waals surface area contributed by atoms with Crippen molar-refractivity contribution in [3.05, 3.63) is 112 Å². The van der Waals surface area contributed by atoms with E-state index >= 15 is 0 Å². The molecule has 28 heavy (non-hydrogen) atoms. The van der Waals surface area contributed by atoms with E-state index in [1.54, 1.807) is 0 Å². The van der Waals surface area contributed by atoms with Crippen LogP contribution in [0.2, 0.25) is 5.02 Å². The zero-order valence-electron chi connectivity index (χ0n) is 15.3. The van der Waals surface area contributed by atoms with E-state index in [2.05, 4.69) is 30.0 Å². The molecule has 136 valence electrons. The van der Waals surface area contributed by atoms with Crippen molar-refractivity contribution in [1.29, 1.82) is 0 Å². The van der Waals surface area contributed by atoms with Gasteiger partial charge in [-0.3, -0.25) is 0 Å². The molecule has 0 aromatic heterocycles. The summed E-state index contributed by atoms with van der Waals surface area (Å²) >= 11 is 5.96. The maximum Gasteiger partial charge on any atom is 0.119 e. The summed E-state index contributed by atoms with van der Waals surface area (Å²) in [4.78, 5) is 0. The van der Waals surface area contributed by atoms with Crippen molar-refractivity contribution in [3.8, 4) is 17.6 Å². The largest absolute Gasteiger partial charge is 0.508 e. The van der Waals surface area contributed by atoms with Gasteiger partial charge in [0.1, 0.15) is 5.75 Å². The first-order chi connectivity index (χ1) is 13.7. The monoisotopic (exact) mass is 382 g/mol. The highest BCUT2D eigenvalue weighted by atomic mass is 35.5. The lowest BCUT2D eigenvalue weighted by Crippen LogP contribution is -1.90. The van der Waals surface area contributed by atoms with Crippen LogP contribution in [0.3, 0.4) is 0 Å². The van der Waals surface area contributed by atoms with Gasteiger partial charge in [0.15, 0.2) is 0 Å². The van der Waals surface area contributed by atoms with Crippen molar-refractivity contribution in [2.45, 2.75) is 12.8 Å². The lowest BCUT2D eigenvalue weighted by Gasteiger charge is -2.08. The van der Waals surface area contributed by atoms with Crippen molar-refractivity contribution >= 4 is 22.4 Å². The van der Waals surface area contributed by atoms with Crippen LogP contribution in [0.25, 0.3) is 10.8 Å². The number of hydrogen-bond acceptors (Lipinski definition) is 1. The molecule has 0 saturated carbocycles. The predicted octanol–water partition coefficient (Wildman–Crippen LogP) is 6.38. The smallest absolute Gasteiger partial charge is 0.119 e. The maximum atomic E-state index is 10.4. The fraction of sp³-hybridized carbons (Fsp3) is 0.0769. The Bertz CT molecular complexity index is 1170. The first-order valence-corrected chi connectivity index (χ1v) is 9.58. The van der Waals surface area contributed by atoms with E-state index in [4.69, 9.17) is 11.6 Å². The Morgan fingerprint density at radius 3 is 2.32 bits per heavy atom. The van der Waals surface area contributed by atoms with E-state index in [-0.39, 0.29) is 0 Å². The third kappa shape index (κ3) is 4.36. The highest BCUT2D eigenvalue weighted by Gasteiger charge is 2.06. The number of phenols is 1. The molecule has 2 heteroatoms. The molecule has 0 fully saturated rings. The summed E-state index contributed by atoms with van der Waals surface area (Å²) in [5, 5.41) is 13.2. The van der Waals surface area contributed by atoms with Gasteiger partial charge >= 0.3 is 0 Å². The van der Waals surface area contributed by atoms with Gasteiger partial charge in [-0.15, -0.1) is 0 Å². The summed E-state index contributed by atoms with van der Waals surface area (Å²) in [6, 6.07) is 27.9. The first-order valence-electron chi connectivity index (χ1n) is 9.20. The molecular formula is C26H19ClO. The van der Waals surface area contributed by atoms with E-state index in [0.717, 1.165) is 33.9 Å². The summed E-state index contributed by atoms with van der Waals surface area (Å²) in [5.74, 6) is 6.80. The van der Waals surface area contributed by atoms with Gasteiger partial charge in [-0.2, -0.15) is 0 Å². The Labute approximate surface area is 170 Å². The Morgan fingerprint density at radius 2 is 1.54 bits per heavy atom. The summed E-state index contributed by atoms with van der Waals surface area (Å²) in [6.07, 6.45) is 1.39. The van der Waals surface area contributed by atoms with E-state index in [9.17, 15) is 5.11 Å². The Kier molecular flexibility index (Phi) is 5.33. The van der Waals surface area contributed by atoms with Crippen LogP contribution < -0.4 is 0 Å². The third-order valence-electron chi connectivity index (χ3n) is 4.71. The van der Waals surface area contributed by atoms with Crippen LogP contribution in [-0.2, 0) is 12.8 Å². The van der Waals surface area contributed by atoms with E-state index < -0.39 is 0 Å². The van der Waals surface area contributed by atoms with Gasteiger partial charge in [-0.05, 0) is 63.9 Å². The molecule has 0 aliphatic heterocycles. The molecule has 0 radical (unpaired) electrons. The quantitative estimate of drug-likeness (QED) is 0.407. The molecule has 0 unspecified atom stereocenters. The van der Waals surface area contributed by atoms with E-state index in [1.807, 2.05) is 66.7 Å². The lowest BCUT2D eigenvalue weighted by atomic mass is 9.99. The zero-order valence-corrected chi connectivity index (χ0v) is 16.1. The average Bonchev–Trinajstić information content (AvgIpc) is 2.71. The summed E-state index contributed by atoms with van der Waals surface area (Å²) in [5.41, 5.74) is 4.19. The van der Waals surface area contributed by atoms with Crippen molar-refractivity contribution < 1.29 is 5.11 Å². The SMILES string of the molecule is Oc1cc2ccc(C#CCc3ccccc3)cc2cc1Cc1ccc(Cl)cc1. The van der Waals surface area contributed by atoms with Crippen LogP contribution >= 0.6 is 11.6 Å². The topological polar surface area (TPSA) is 20.2 Å².